The van der Waals surface area contributed by atoms with E-state index in [1.54, 1.807) is 6.20 Å². The first kappa shape index (κ1) is 14.4. The predicted molar refractivity (Wildman–Crippen MR) is 81.8 cm³/mol. The summed E-state index contributed by atoms with van der Waals surface area (Å²) in [5.41, 5.74) is 1.92. The first-order chi connectivity index (χ1) is 10.8. The number of carbonyl (C=O) groups excluding carboxylic acids is 1. The third-order valence-corrected chi connectivity index (χ3v) is 3.52. The summed E-state index contributed by atoms with van der Waals surface area (Å²) in [5.74, 6) is 1.22. The zero-order valence-corrected chi connectivity index (χ0v) is 12.4. The number of amides is 1. The van der Waals surface area contributed by atoms with Crippen molar-refractivity contribution in [3.05, 3.63) is 53.7 Å². The number of benzene rings is 1. The van der Waals surface area contributed by atoms with Crippen molar-refractivity contribution in [2.45, 2.75) is 26.0 Å². The lowest BCUT2D eigenvalue weighted by Gasteiger charge is -2.13. The largest absolute Gasteiger partial charge is 0.480 e. The number of ether oxygens (including phenoxy) is 2. The summed E-state index contributed by atoms with van der Waals surface area (Å²) >= 11 is 0. The van der Waals surface area contributed by atoms with Crippen LogP contribution in [0.5, 0.6) is 11.6 Å². The van der Waals surface area contributed by atoms with Gasteiger partial charge in [-0.1, -0.05) is 24.3 Å². The first-order valence-corrected chi connectivity index (χ1v) is 7.37. The topological polar surface area (TPSA) is 60.5 Å². The maximum Gasteiger partial charge on any atom is 0.261 e. The van der Waals surface area contributed by atoms with Gasteiger partial charge in [-0.25, -0.2) is 4.98 Å². The molecule has 1 aliphatic heterocycles. The van der Waals surface area contributed by atoms with Gasteiger partial charge in [0.25, 0.3) is 5.91 Å². The molecule has 0 spiro atoms. The van der Waals surface area contributed by atoms with Crippen LogP contribution in [0.25, 0.3) is 0 Å². The van der Waals surface area contributed by atoms with Crippen molar-refractivity contribution in [3.63, 3.8) is 0 Å². The molecular weight excluding hydrogens is 280 g/mol. The molecule has 3 rings (SSSR count). The third-order valence-electron chi connectivity index (χ3n) is 3.52. The maximum atomic E-state index is 12.3. The fourth-order valence-corrected chi connectivity index (χ4v) is 2.45. The molecule has 1 aliphatic rings. The Morgan fingerprint density at radius 3 is 3.05 bits per heavy atom. The SMILES string of the molecule is CCOc1ncccc1CNC(=O)C1Cc2ccccc2O1. The number of hydrogen-bond acceptors (Lipinski definition) is 4. The van der Waals surface area contributed by atoms with Crippen molar-refractivity contribution < 1.29 is 14.3 Å². The number of nitrogens with zero attached hydrogens (tertiary/aromatic N) is 1. The molecule has 1 amide bonds. The van der Waals surface area contributed by atoms with E-state index in [-0.39, 0.29) is 5.91 Å². The zero-order chi connectivity index (χ0) is 15.4. The second kappa shape index (κ2) is 6.47. The highest BCUT2D eigenvalue weighted by Crippen LogP contribution is 2.28. The third kappa shape index (κ3) is 3.03. The number of pyridine rings is 1. The molecule has 2 heterocycles. The molecule has 0 saturated heterocycles. The summed E-state index contributed by atoms with van der Waals surface area (Å²) in [6.45, 7) is 2.82. The van der Waals surface area contributed by atoms with E-state index in [9.17, 15) is 4.79 Å². The van der Waals surface area contributed by atoms with E-state index < -0.39 is 6.10 Å². The predicted octanol–water partition coefficient (Wildman–Crippen LogP) is 2.10. The van der Waals surface area contributed by atoms with Crippen LogP contribution in [-0.2, 0) is 17.8 Å². The molecule has 1 N–H and O–H groups in total. The standard InChI is InChI=1S/C17H18N2O3/c1-2-21-17-13(7-5-9-18-17)11-19-16(20)15-10-12-6-3-4-8-14(12)22-15/h3-9,15H,2,10-11H2,1H3,(H,19,20). The Bertz CT molecular complexity index is 647. The summed E-state index contributed by atoms with van der Waals surface area (Å²) in [5, 5.41) is 2.89. The summed E-state index contributed by atoms with van der Waals surface area (Å²) in [4.78, 5) is 16.4. The number of rotatable bonds is 5. The van der Waals surface area contributed by atoms with Crippen molar-refractivity contribution in [1.29, 1.82) is 0 Å². The highest BCUT2D eigenvalue weighted by molar-refractivity contribution is 5.82. The van der Waals surface area contributed by atoms with Gasteiger partial charge in [0, 0.05) is 24.7 Å². The van der Waals surface area contributed by atoms with E-state index in [0.29, 0.717) is 25.5 Å². The van der Waals surface area contributed by atoms with Crippen molar-refractivity contribution in [2.24, 2.45) is 0 Å². The monoisotopic (exact) mass is 298 g/mol. The molecule has 0 aliphatic carbocycles. The quantitative estimate of drug-likeness (QED) is 0.918. The van der Waals surface area contributed by atoms with Crippen LogP contribution in [0.1, 0.15) is 18.1 Å². The van der Waals surface area contributed by atoms with E-state index in [4.69, 9.17) is 9.47 Å². The Morgan fingerprint density at radius 1 is 1.36 bits per heavy atom. The molecule has 1 unspecified atom stereocenters. The summed E-state index contributed by atoms with van der Waals surface area (Å²) in [7, 11) is 0. The average molecular weight is 298 g/mol. The van der Waals surface area contributed by atoms with Crippen LogP contribution >= 0.6 is 0 Å². The molecule has 5 heteroatoms. The minimum absolute atomic E-state index is 0.123. The summed E-state index contributed by atoms with van der Waals surface area (Å²) in [6.07, 6.45) is 1.81. The molecular formula is C17H18N2O3. The lowest BCUT2D eigenvalue weighted by atomic mass is 10.1. The zero-order valence-electron chi connectivity index (χ0n) is 12.4. The van der Waals surface area contributed by atoms with Crippen LogP contribution in [-0.4, -0.2) is 23.6 Å². The van der Waals surface area contributed by atoms with Crippen molar-refractivity contribution in [3.8, 4) is 11.6 Å². The molecule has 0 fully saturated rings. The maximum absolute atomic E-state index is 12.3. The van der Waals surface area contributed by atoms with E-state index in [1.807, 2.05) is 43.3 Å². The molecule has 22 heavy (non-hydrogen) atoms. The number of nitrogens with one attached hydrogen (secondary N) is 1. The van der Waals surface area contributed by atoms with Crippen LogP contribution < -0.4 is 14.8 Å². The van der Waals surface area contributed by atoms with Crippen LogP contribution in [0.4, 0.5) is 0 Å². The van der Waals surface area contributed by atoms with Gasteiger partial charge in [-0.3, -0.25) is 4.79 Å². The fourth-order valence-electron chi connectivity index (χ4n) is 2.45. The van der Waals surface area contributed by atoms with E-state index in [0.717, 1.165) is 16.9 Å². The minimum atomic E-state index is -0.468. The van der Waals surface area contributed by atoms with Crippen molar-refractivity contribution in [2.75, 3.05) is 6.61 Å². The van der Waals surface area contributed by atoms with E-state index >= 15 is 0 Å². The van der Waals surface area contributed by atoms with Crippen LogP contribution in [0.2, 0.25) is 0 Å². The molecule has 0 bridgehead atoms. The molecule has 1 atom stereocenters. The summed E-state index contributed by atoms with van der Waals surface area (Å²) < 4.78 is 11.1. The molecule has 2 aromatic rings. The van der Waals surface area contributed by atoms with E-state index in [1.165, 1.54) is 0 Å². The number of aromatic nitrogens is 1. The first-order valence-electron chi connectivity index (χ1n) is 7.37. The number of para-hydroxylation sites is 1. The number of hydrogen-bond donors (Lipinski definition) is 1. The van der Waals surface area contributed by atoms with Gasteiger partial charge in [0.05, 0.1) is 6.61 Å². The van der Waals surface area contributed by atoms with E-state index in [2.05, 4.69) is 10.3 Å². The van der Waals surface area contributed by atoms with Gasteiger partial charge >= 0.3 is 0 Å². The van der Waals surface area contributed by atoms with Crippen LogP contribution in [0.3, 0.4) is 0 Å². The van der Waals surface area contributed by atoms with Gasteiger partial charge in [0.2, 0.25) is 5.88 Å². The molecule has 114 valence electrons. The normalized spacial score (nSPS) is 15.8. The summed E-state index contributed by atoms with van der Waals surface area (Å²) in [6, 6.07) is 11.4. The number of carbonyl (C=O) groups is 1. The highest BCUT2D eigenvalue weighted by Gasteiger charge is 2.28. The Morgan fingerprint density at radius 2 is 2.23 bits per heavy atom. The lowest BCUT2D eigenvalue weighted by Crippen LogP contribution is -2.37. The van der Waals surface area contributed by atoms with Gasteiger partial charge in [-0.05, 0) is 24.6 Å². The molecule has 1 aromatic heterocycles. The van der Waals surface area contributed by atoms with Crippen LogP contribution in [0, 0.1) is 0 Å². The molecule has 1 aromatic carbocycles. The van der Waals surface area contributed by atoms with Crippen molar-refractivity contribution in [1.82, 2.24) is 10.3 Å². The molecule has 5 nitrogen and oxygen atoms in total. The Balaban J connectivity index is 1.60. The minimum Gasteiger partial charge on any atom is -0.480 e. The Labute approximate surface area is 129 Å². The second-order valence-corrected chi connectivity index (χ2v) is 5.04. The molecule has 0 saturated carbocycles. The van der Waals surface area contributed by atoms with Gasteiger partial charge in [0.1, 0.15) is 5.75 Å². The van der Waals surface area contributed by atoms with Gasteiger partial charge in [-0.2, -0.15) is 0 Å². The fraction of sp³-hybridized carbons (Fsp3) is 0.294. The lowest BCUT2D eigenvalue weighted by molar-refractivity contribution is -0.127. The van der Waals surface area contributed by atoms with Crippen molar-refractivity contribution >= 4 is 5.91 Å². The van der Waals surface area contributed by atoms with Gasteiger partial charge < -0.3 is 14.8 Å². The van der Waals surface area contributed by atoms with Crippen LogP contribution in [0.15, 0.2) is 42.6 Å². The van der Waals surface area contributed by atoms with Gasteiger partial charge in [0.15, 0.2) is 6.10 Å². The highest BCUT2D eigenvalue weighted by atomic mass is 16.5. The Kier molecular flexibility index (Phi) is 4.23. The average Bonchev–Trinajstić information content (AvgIpc) is 2.98. The Hall–Kier alpha value is -2.56. The second-order valence-electron chi connectivity index (χ2n) is 5.04. The van der Waals surface area contributed by atoms with Gasteiger partial charge in [-0.15, -0.1) is 0 Å². The molecule has 0 radical (unpaired) electrons. The smallest absolute Gasteiger partial charge is 0.261 e. The number of fused-ring (bicyclic) bond motifs is 1.